The molecule has 8 aromatic carbocycles. The molecule has 0 aliphatic carbocycles. The lowest BCUT2D eigenvalue weighted by Crippen LogP contribution is -1.98. The van der Waals surface area contributed by atoms with E-state index in [2.05, 4.69) is 213 Å². The van der Waals surface area contributed by atoms with E-state index < -0.39 is 0 Å². The van der Waals surface area contributed by atoms with Crippen molar-refractivity contribution in [1.29, 1.82) is 0 Å². The topological polar surface area (TPSA) is 19.7 Å². The minimum Gasteiger partial charge on any atom is -0.316 e. The summed E-state index contributed by atoms with van der Waals surface area (Å²) in [4.78, 5) is 0. The molecular formula is C50H32N4. The quantitative estimate of drug-likeness (QED) is 0.175. The number of rotatable bonds is 4. The first-order valence-corrected chi connectivity index (χ1v) is 18.5. The lowest BCUT2D eigenvalue weighted by molar-refractivity contribution is 1.11. The molecular weight excluding hydrogens is 657 g/mol. The second kappa shape index (κ2) is 11.1. The molecule has 54 heavy (non-hydrogen) atoms. The van der Waals surface area contributed by atoms with Gasteiger partial charge >= 0.3 is 0 Å². The van der Waals surface area contributed by atoms with Crippen LogP contribution in [-0.2, 0) is 0 Å². The molecule has 4 nitrogen and oxygen atoms in total. The fourth-order valence-corrected chi connectivity index (χ4v) is 9.03. The molecule has 0 spiro atoms. The first-order chi connectivity index (χ1) is 26.8. The van der Waals surface area contributed by atoms with E-state index in [1.807, 2.05) is 0 Å². The molecule has 4 heterocycles. The van der Waals surface area contributed by atoms with Crippen molar-refractivity contribution in [2.75, 3.05) is 0 Å². The molecule has 252 valence electrons. The largest absolute Gasteiger partial charge is 0.316 e. The van der Waals surface area contributed by atoms with Gasteiger partial charge in [-0.3, -0.25) is 0 Å². The number of hydrogen-bond donors (Lipinski definition) is 0. The second-order valence-corrected chi connectivity index (χ2v) is 14.2. The van der Waals surface area contributed by atoms with Crippen molar-refractivity contribution in [3.63, 3.8) is 0 Å². The van der Waals surface area contributed by atoms with Crippen LogP contribution in [0.25, 0.3) is 98.9 Å². The highest BCUT2D eigenvalue weighted by Crippen LogP contribution is 2.37. The summed E-state index contributed by atoms with van der Waals surface area (Å²) in [5.41, 5.74) is 11.9. The van der Waals surface area contributed by atoms with Gasteiger partial charge in [0.25, 0.3) is 0 Å². The molecule has 0 saturated carbocycles. The molecule has 0 fully saturated rings. The van der Waals surface area contributed by atoms with Gasteiger partial charge in [-0.1, -0.05) is 97.1 Å². The van der Waals surface area contributed by atoms with Gasteiger partial charge in [-0.2, -0.15) is 0 Å². The average molecular weight is 689 g/mol. The number of hydrogen-bond acceptors (Lipinski definition) is 0. The standard InChI is InChI=1S/C50H32N4/c1-5-13-45-39(9-1)40-10-2-6-14-46(40)53(45)37-23-19-35(20-24-37)51-31-29-33-17-28-44-43(49(33)51)27-18-34-30-32-52(50(34)44)36-21-25-38(26-22-36)54-47-15-7-3-11-41(47)42-12-4-8-16-48(42)54/h1-32H. The Hall–Kier alpha value is -7.30. The SMILES string of the molecule is c1ccc2c(c1)c1ccccc1n2-c1ccc(-n2ccc3ccc4c(ccc5ccn(-c6ccc(-n7c8ccccc8c8ccccc87)cc6)c54)c32)cc1. The maximum Gasteiger partial charge on any atom is 0.0607 e. The van der Waals surface area contributed by atoms with Crippen molar-refractivity contribution < 1.29 is 0 Å². The van der Waals surface area contributed by atoms with Crippen LogP contribution in [-0.4, -0.2) is 18.3 Å². The third kappa shape index (κ3) is 4.08. The van der Waals surface area contributed by atoms with Gasteiger partial charge in [0.05, 0.1) is 33.1 Å². The van der Waals surface area contributed by atoms with Crippen LogP contribution in [0.3, 0.4) is 0 Å². The molecule has 0 unspecified atom stereocenters. The van der Waals surface area contributed by atoms with Gasteiger partial charge in [0.15, 0.2) is 0 Å². The molecule has 0 aliphatic rings. The first-order valence-electron chi connectivity index (χ1n) is 18.5. The van der Waals surface area contributed by atoms with E-state index in [4.69, 9.17) is 0 Å². The van der Waals surface area contributed by atoms with Crippen LogP contribution >= 0.6 is 0 Å². The van der Waals surface area contributed by atoms with Gasteiger partial charge in [-0.15, -0.1) is 0 Å². The van der Waals surface area contributed by atoms with E-state index >= 15 is 0 Å². The fourth-order valence-electron chi connectivity index (χ4n) is 9.03. The number of aromatic nitrogens is 4. The molecule has 0 saturated heterocycles. The normalized spacial score (nSPS) is 12.1. The van der Waals surface area contributed by atoms with Gasteiger partial charge in [0.1, 0.15) is 0 Å². The number of benzene rings is 8. The lowest BCUT2D eigenvalue weighted by Gasteiger charge is -2.13. The summed E-state index contributed by atoms with van der Waals surface area (Å²) in [5, 5.41) is 10.0. The van der Waals surface area contributed by atoms with Gasteiger partial charge < -0.3 is 18.3 Å². The summed E-state index contributed by atoms with van der Waals surface area (Å²) in [6, 6.07) is 66.3. The lowest BCUT2D eigenvalue weighted by atomic mass is 10.0. The van der Waals surface area contributed by atoms with Crippen molar-refractivity contribution in [2.24, 2.45) is 0 Å². The Morgan fingerprint density at radius 2 is 0.556 bits per heavy atom. The van der Waals surface area contributed by atoms with Gasteiger partial charge in [-0.25, -0.2) is 0 Å². The maximum atomic E-state index is 2.37. The zero-order valence-electron chi connectivity index (χ0n) is 29.3. The number of nitrogens with zero attached hydrogens (tertiary/aromatic N) is 4. The van der Waals surface area contributed by atoms with E-state index in [9.17, 15) is 0 Å². The van der Waals surface area contributed by atoms with Crippen LogP contribution < -0.4 is 0 Å². The molecule has 0 bridgehead atoms. The third-order valence-corrected chi connectivity index (χ3v) is 11.4. The van der Waals surface area contributed by atoms with E-state index in [-0.39, 0.29) is 0 Å². The summed E-state index contributed by atoms with van der Waals surface area (Å²) < 4.78 is 9.43. The molecule has 12 aromatic rings. The van der Waals surface area contributed by atoms with E-state index in [1.54, 1.807) is 0 Å². The van der Waals surface area contributed by atoms with Crippen LogP contribution in [0.2, 0.25) is 0 Å². The van der Waals surface area contributed by atoms with Crippen LogP contribution in [0.5, 0.6) is 0 Å². The molecule has 4 heteroatoms. The van der Waals surface area contributed by atoms with Crippen molar-refractivity contribution >= 4 is 76.2 Å². The van der Waals surface area contributed by atoms with Crippen molar-refractivity contribution in [3.8, 4) is 22.7 Å². The Morgan fingerprint density at radius 1 is 0.241 bits per heavy atom. The summed E-state index contributed by atoms with van der Waals surface area (Å²) in [6.07, 6.45) is 4.41. The van der Waals surface area contributed by atoms with E-state index in [0.29, 0.717) is 0 Å². The average Bonchev–Trinajstić information content (AvgIpc) is 4.02. The van der Waals surface area contributed by atoms with Crippen molar-refractivity contribution in [3.05, 3.63) is 194 Å². The molecule has 0 aliphatic heterocycles. The molecule has 0 radical (unpaired) electrons. The maximum absolute atomic E-state index is 2.37. The minimum absolute atomic E-state index is 1.14. The minimum atomic E-state index is 1.14. The van der Waals surface area contributed by atoms with Crippen molar-refractivity contribution in [1.82, 2.24) is 18.3 Å². The Labute approximate surface area is 310 Å². The van der Waals surface area contributed by atoms with Crippen LogP contribution in [0.15, 0.2) is 194 Å². The highest BCUT2D eigenvalue weighted by atomic mass is 15.0. The number of para-hydroxylation sites is 4. The smallest absolute Gasteiger partial charge is 0.0607 e. The van der Waals surface area contributed by atoms with Crippen LogP contribution in [0, 0.1) is 0 Å². The molecule has 12 rings (SSSR count). The van der Waals surface area contributed by atoms with E-state index in [1.165, 1.54) is 76.2 Å². The predicted molar refractivity (Wildman–Crippen MR) is 226 cm³/mol. The molecule has 4 aromatic heterocycles. The predicted octanol–water partition coefficient (Wildman–Crippen LogP) is 12.9. The number of fused-ring (bicyclic) bond motifs is 11. The van der Waals surface area contributed by atoms with Crippen LogP contribution in [0.1, 0.15) is 0 Å². The Kier molecular flexibility index (Phi) is 6.02. The second-order valence-electron chi connectivity index (χ2n) is 14.2. The molecule has 0 atom stereocenters. The molecule has 0 amide bonds. The molecule has 0 N–H and O–H groups in total. The Morgan fingerprint density at radius 3 is 0.907 bits per heavy atom. The van der Waals surface area contributed by atoms with Crippen molar-refractivity contribution in [2.45, 2.75) is 0 Å². The Balaban J connectivity index is 0.970. The summed E-state index contributed by atoms with van der Waals surface area (Å²) >= 11 is 0. The summed E-state index contributed by atoms with van der Waals surface area (Å²) in [7, 11) is 0. The summed E-state index contributed by atoms with van der Waals surface area (Å²) in [5.74, 6) is 0. The fraction of sp³-hybridized carbons (Fsp3) is 0. The van der Waals surface area contributed by atoms with E-state index in [0.717, 1.165) is 22.7 Å². The first kappa shape index (κ1) is 29.3. The zero-order valence-corrected chi connectivity index (χ0v) is 29.3. The van der Waals surface area contributed by atoms with Gasteiger partial charge in [-0.05, 0) is 84.9 Å². The summed E-state index contributed by atoms with van der Waals surface area (Å²) in [6.45, 7) is 0. The Bertz CT molecular complexity index is 3090. The van der Waals surface area contributed by atoms with Gasteiger partial charge in [0.2, 0.25) is 0 Å². The van der Waals surface area contributed by atoms with Crippen LogP contribution in [0.4, 0.5) is 0 Å². The zero-order chi connectivity index (χ0) is 35.3. The highest BCUT2D eigenvalue weighted by Gasteiger charge is 2.16. The third-order valence-electron chi connectivity index (χ3n) is 11.4. The monoisotopic (exact) mass is 688 g/mol. The highest BCUT2D eigenvalue weighted by molar-refractivity contribution is 6.16. The van der Waals surface area contributed by atoms with Gasteiger partial charge in [0, 0.05) is 78.2 Å².